The van der Waals surface area contributed by atoms with Gasteiger partial charge in [0.05, 0.1) is 18.4 Å². The van der Waals surface area contributed by atoms with Crippen molar-refractivity contribution in [3.63, 3.8) is 0 Å². The van der Waals surface area contributed by atoms with Gasteiger partial charge in [-0.05, 0) is 58.7 Å². The van der Waals surface area contributed by atoms with E-state index in [1.807, 2.05) is 19.1 Å². The molecule has 0 fully saturated rings. The summed E-state index contributed by atoms with van der Waals surface area (Å²) in [5.41, 5.74) is 1.54. The second-order valence-electron chi connectivity index (χ2n) is 6.26. The number of sulfonamides is 1. The van der Waals surface area contributed by atoms with Gasteiger partial charge in [0.15, 0.2) is 6.61 Å². The van der Waals surface area contributed by atoms with Crippen molar-refractivity contribution in [3.8, 4) is 5.75 Å². The second-order valence-corrected chi connectivity index (χ2v) is 9.24. The van der Waals surface area contributed by atoms with Crippen molar-refractivity contribution < 1.29 is 27.5 Å². The Bertz CT molecular complexity index is 1040. The van der Waals surface area contributed by atoms with Crippen molar-refractivity contribution in [2.24, 2.45) is 0 Å². The highest BCUT2D eigenvalue weighted by Gasteiger charge is 2.24. The van der Waals surface area contributed by atoms with Crippen LogP contribution >= 0.6 is 15.9 Å². The molecule has 0 atom stereocenters. The molecule has 0 aliphatic rings. The molecule has 1 N–H and O–H groups in total. The number of aryl methyl sites for hydroxylation is 1. The number of hydrogen-bond acceptors (Lipinski definition) is 6. The Morgan fingerprint density at radius 3 is 2.41 bits per heavy atom. The highest BCUT2D eigenvalue weighted by molar-refractivity contribution is 9.10. The van der Waals surface area contributed by atoms with E-state index in [0.29, 0.717) is 10.2 Å². The van der Waals surface area contributed by atoms with Crippen molar-refractivity contribution in [1.29, 1.82) is 0 Å². The first kappa shape index (κ1) is 22.9. The monoisotopic (exact) mass is 484 g/mol. The molecule has 156 valence electrons. The number of carbonyl (C=O) groups is 2. The van der Waals surface area contributed by atoms with Gasteiger partial charge in [-0.2, -0.15) is 0 Å². The number of methoxy groups -OCH3 is 1. The Morgan fingerprint density at radius 2 is 1.83 bits per heavy atom. The van der Waals surface area contributed by atoms with Crippen LogP contribution in [0.2, 0.25) is 0 Å². The molecule has 2 aromatic rings. The van der Waals surface area contributed by atoms with Crippen LogP contribution in [0.3, 0.4) is 0 Å². The third-order valence-corrected chi connectivity index (χ3v) is 6.38. The predicted octanol–water partition coefficient (Wildman–Crippen LogP) is 2.81. The van der Waals surface area contributed by atoms with Crippen molar-refractivity contribution in [2.75, 3.05) is 33.1 Å². The third-order valence-electron chi connectivity index (χ3n) is 3.89. The standard InChI is InChI=1S/C19H21BrN2O6S/c1-12-5-7-15(14(20)9-12)21-18(23)11-28-19(24)13-6-8-16(27-4)17(10-13)29(25,26)22(2)3/h5-10H,11H2,1-4H3,(H,21,23). The van der Waals surface area contributed by atoms with E-state index in [1.165, 1.54) is 33.3 Å². The molecule has 0 heterocycles. The fourth-order valence-electron chi connectivity index (χ4n) is 2.32. The largest absolute Gasteiger partial charge is 0.495 e. The molecule has 0 radical (unpaired) electrons. The Balaban J connectivity index is 2.12. The molecule has 0 saturated heterocycles. The van der Waals surface area contributed by atoms with Crippen LogP contribution in [0.25, 0.3) is 0 Å². The molecule has 0 unspecified atom stereocenters. The summed E-state index contributed by atoms with van der Waals surface area (Å²) < 4.78 is 36.7. The maximum atomic E-state index is 12.4. The van der Waals surface area contributed by atoms with E-state index in [1.54, 1.807) is 6.07 Å². The molecule has 0 spiro atoms. The molecular formula is C19H21BrN2O6S. The van der Waals surface area contributed by atoms with Gasteiger partial charge in [0, 0.05) is 18.6 Å². The molecule has 1 amide bonds. The number of benzene rings is 2. The Morgan fingerprint density at radius 1 is 1.14 bits per heavy atom. The summed E-state index contributed by atoms with van der Waals surface area (Å²) >= 11 is 3.35. The lowest BCUT2D eigenvalue weighted by molar-refractivity contribution is -0.119. The average molecular weight is 485 g/mol. The summed E-state index contributed by atoms with van der Waals surface area (Å²) in [5.74, 6) is -1.27. The molecular weight excluding hydrogens is 464 g/mol. The van der Waals surface area contributed by atoms with E-state index in [4.69, 9.17) is 9.47 Å². The lowest BCUT2D eigenvalue weighted by atomic mass is 10.2. The summed E-state index contributed by atoms with van der Waals surface area (Å²) in [5, 5.41) is 2.63. The summed E-state index contributed by atoms with van der Waals surface area (Å²) in [6, 6.07) is 9.27. The number of hydrogen-bond donors (Lipinski definition) is 1. The maximum absolute atomic E-state index is 12.4. The molecule has 2 aromatic carbocycles. The van der Waals surface area contributed by atoms with E-state index in [2.05, 4.69) is 21.2 Å². The molecule has 29 heavy (non-hydrogen) atoms. The third kappa shape index (κ3) is 5.55. The number of halogens is 1. The molecule has 0 aromatic heterocycles. The zero-order valence-electron chi connectivity index (χ0n) is 16.4. The summed E-state index contributed by atoms with van der Waals surface area (Å²) in [4.78, 5) is 24.2. The molecule has 10 heteroatoms. The molecule has 0 saturated carbocycles. The van der Waals surface area contributed by atoms with Crippen LogP contribution in [0.1, 0.15) is 15.9 Å². The topological polar surface area (TPSA) is 102 Å². The average Bonchev–Trinajstić information content (AvgIpc) is 2.67. The Kier molecular flexibility index (Phi) is 7.39. The zero-order valence-corrected chi connectivity index (χ0v) is 18.8. The first-order valence-electron chi connectivity index (χ1n) is 8.40. The van der Waals surface area contributed by atoms with Crippen molar-refractivity contribution in [2.45, 2.75) is 11.8 Å². The smallest absolute Gasteiger partial charge is 0.338 e. The lowest BCUT2D eigenvalue weighted by Gasteiger charge is -2.15. The lowest BCUT2D eigenvalue weighted by Crippen LogP contribution is -2.24. The predicted molar refractivity (Wildman–Crippen MR) is 112 cm³/mol. The van der Waals surface area contributed by atoms with Crippen molar-refractivity contribution >= 4 is 43.5 Å². The van der Waals surface area contributed by atoms with Crippen LogP contribution < -0.4 is 10.1 Å². The van der Waals surface area contributed by atoms with Crippen LogP contribution in [-0.2, 0) is 19.6 Å². The van der Waals surface area contributed by atoms with Gasteiger partial charge >= 0.3 is 5.97 Å². The van der Waals surface area contributed by atoms with Gasteiger partial charge in [-0.15, -0.1) is 0 Å². The summed E-state index contributed by atoms with van der Waals surface area (Å²) in [7, 11) is 0.226. The second kappa shape index (κ2) is 9.38. The fourth-order valence-corrected chi connectivity index (χ4v) is 3.99. The van der Waals surface area contributed by atoms with Gasteiger partial charge in [-0.25, -0.2) is 17.5 Å². The van der Waals surface area contributed by atoms with Crippen LogP contribution in [0.15, 0.2) is 45.8 Å². The SMILES string of the molecule is COc1ccc(C(=O)OCC(=O)Nc2ccc(C)cc2Br)cc1S(=O)(=O)N(C)C. The van der Waals surface area contributed by atoms with E-state index in [9.17, 15) is 18.0 Å². The van der Waals surface area contributed by atoms with Crippen molar-refractivity contribution in [3.05, 3.63) is 52.0 Å². The van der Waals surface area contributed by atoms with Crippen LogP contribution in [0, 0.1) is 6.92 Å². The van der Waals surface area contributed by atoms with Gasteiger partial charge in [0.1, 0.15) is 10.6 Å². The normalized spacial score (nSPS) is 11.2. The van der Waals surface area contributed by atoms with Gasteiger partial charge < -0.3 is 14.8 Å². The quantitative estimate of drug-likeness (QED) is 0.606. The number of anilines is 1. The minimum Gasteiger partial charge on any atom is -0.495 e. The van der Waals surface area contributed by atoms with E-state index < -0.39 is 28.5 Å². The minimum atomic E-state index is -3.84. The Labute approximate surface area is 178 Å². The molecule has 8 nitrogen and oxygen atoms in total. The number of ether oxygens (including phenoxy) is 2. The minimum absolute atomic E-state index is 0.0180. The number of rotatable bonds is 7. The number of amides is 1. The molecule has 0 aliphatic carbocycles. The van der Waals surface area contributed by atoms with Gasteiger partial charge in [-0.3, -0.25) is 4.79 Å². The maximum Gasteiger partial charge on any atom is 0.338 e. The van der Waals surface area contributed by atoms with Crippen molar-refractivity contribution in [1.82, 2.24) is 4.31 Å². The van der Waals surface area contributed by atoms with Crippen LogP contribution in [0.5, 0.6) is 5.75 Å². The number of carbonyl (C=O) groups excluding carboxylic acids is 2. The van der Waals surface area contributed by atoms with Gasteiger partial charge in [0.2, 0.25) is 10.0 Å². The first-order valence-corrected chi connectivity index (χ1v) is 10.6. The first-order chi connectivity index (χ1) is 13.6. The number of nitrogens with one attached hydrogen (secondary N) is 1. The van der Waals surface area contributed by atoms with Crippen LogP contribution in [0.4, 0.5) is 5.69 Å². The molecule has 2 rings (SSSR count). The van der Waals surface area contributed by atoms with Crippen LogP contribution in [-0.4, -0.2) is 52.4 Å². The van der Waals surface area contributed by atoms with E-state index >= 15 is 0 Å². The summed E-state index contributed by atoms with van der Waals surface area (Å²) in [6.07, 6.45) is 0. The Hall–Kier alpha value is -2.43. The zero-order chi connectivity index (χ0) is 21.8. The summed E-state index contributed by atoms with van der Waals surface area (Å²) in [6.45, 7) is 1.39. The fraction of sp³-hybridized carbons (Fsp3) is 0.263. The number of esters is 1. The highest BCUT2D eigenvalue weighted by Crippen LogP contribution is 2.27. The highest BCUT2D eigenvalue weighted by atomic mass is 79.9. The molecule has 0 aliphatic heterocycles. The van der Waals surface area contributed by atoms with Gasteiger partial charge in [-0.1, -0.05) is 6.07 Å². The van der Waals surface area contributed by atoms with E-state index in [-0.39, 0.29) is 16.2 Å². The molecule has 0 bridgehead atoms. The van der Waals surface area contributed by atoms with E-state index in [0.717, 1.165) is 15.9 Å². The number of nitrogens with zero attached hydrogens (tertiary/aromatic N) is 1. The van der Waals surface area contributed by atoms with Gasteiger partial charge in [0.25, 0.3) is 5.91 Å².